The molecule has 0 fully saturated rings. The Hall–Kier alpha value is -0.620. The number of aliphatic hydroxyl groups is 2. The Labute approximate surface area is 110 Å². The van der Waals surface area contributed by atoms with Gasteiger partial charge in [0.25, 0.3) is 0 Å². The summed E-state index contributed by atoms with van der Waals surface area (Å²) in [4.78, 5) is 12.1. The normalized spacial score (nSPS) is 39.3. The van der Waals surface area contributed by atoms with Crippen LogP contribution in [-0.4, -0.2) is 52.4 Å². The summed E-state index contributed by atoms with van der Waals surface area (Å²) >= 11 is 6.05. The van der Waals surface area contributed by atoms with Gasteiger partial charge in [0, 0.05) is 7.11 Å². The number of hydrogen-bond acceptors (Lipinski definition) is 5. The van der Waals surface area contributed by atoms with Crippen molar-refractivity contribution in [2.75, 3.05) is 7.11 Å². The second-order valence-corrected chi connectivity index (χ2v) is 5.75. The standard InChI is InChI=1S/C12H17ClO5/c1-12(2)4-5(14)6-10(18-12)7(13)8(15)9(16)11(6)17-3/h7-9,11,15-16H,4H2,1-3H3/t7-,8+,9-,11+/m1/s1. The summed E-state index contributed by atoms with van der Waals surface area (Å²) in [5.74, 6) is 0.0623. The predicted octanol–water partition coefficient (Wildman–Crippen LogP) is 0.366. The van der Waals surface area contributed by atoms with Gasteiger partial charge in [0.2, 0.25) is 0 Å². The smallest absolute Gasteiger partial charge is 0.168 e. The monoisotopic (exact) mass is 276 g/mol. The van der Waals surface area contributed by atoms with Crippen LogP contribution in [0.3, 0.4) is 0 Å². The van der Waals surface area contributed by atoms with E-state index in [4.69, 9.17) is 21.1 Å². The number of carbonyl (C=O) groups excluding carboxylic acids is 1. The number of Topliss-reactive ketones (excluding diaryl/α,β-unsaturated/α-hetero) is 1. The lowest BCUT2D eigenvalue weighted by atomic mass is 9.81. The first kappa shape index (κ1) is 13.8. The van der Waals surface area contributed by atoms with Crippen LogP contribution in [0.1, 0.15) is 20.3 Å². The third-order valence-electron chi connectivity index (χ3n) is 3.29. The van der Waals surface area contributed by atoms with Gasteiger partial charge in [-0.05, 0) is 13.8 Å². The Morgan fingerprint density at radius 1 is 1.39 bits per heavy atom. The van der Waals surface area contributed by atoms with E-state index >= 15 is 0 Å². The van der Waals surface area contributed by atoms with Crippen molar-refractivity contribution in [2.45, 2.75) is 49.6 Å². The number of ketones is 1. The van der Waals surface area contributed by atoms with Gasteiger partial charge in [-0.15, -0.1) is 11.6 Å². The van der Waals surface area contributed by atoms with Gasteiger partial charge in [0.05, 0.1) is 12.0 Å². The van der Waals surface area contributed by atoms with Crippen LogP contribution in [0.25, 0.3) is 0 Å². The Bertz CT molecular complexity index is 403. The van der Waals surface area contributed by atoms with Crippen molar-refractivity contribution in [3.05, 3.63) is 11.3 Å². The number of hydrogen-bond donors (Lipinski definition) is 2. The molecule has 2 N–H and O–H groups in total. The van der Waals surface area contributed by atoms with E-state index in [1.807, 2.05) is 0 Å². The number of rotatable bonds is 1. The lowest BCUT2D eigenvalue weighted by molar-refractivity contribution is -0.134. The zero-order valence-electron chi connectivity index (χ0n) is 10.5. The summed E-state index contributed by atoms with van der Waals surface area (Å²) in [6.45, 7) is 3.55. The average molecular weight is 277 g/mol. The summed E-state index contributed by atoms with van der Waals surface area (Å²) in [5, 5.41) is 18.8. The maximum absolute atomic E-state index is 12.1. The molecule has 0 amide bonds. The van der Waals surface area contributed by atoms with Crippen LogP contribution >= 0.6 is 11.6 Å². The molecule has 1 aliphatic carbocycles. The number of halogens is 1. The third-order valence-corrected chi connectivity index (χ3v) is 3.74. The minimum atomic E-state index is -1.23. The van der Waals surface area contributed by atoms with Crippen molar-refractivity contribution in [3.63, 3.8) is 0 Å². The Balaban J connectivity index is 2.50. The van der Waals surface area contributed by atoms with Crippen LogP contribution in [0.4, 0.5) is 0 Å². The van der Waals surface area contributed by atoms with Crippen molar-refractivity contribution in [3.8, 4) is 0 Å². The molecule has 0 aromatic rings. The zero-order chi connectivity index (χ0) is 13.7. The van der Waals surface area contributed by atoms with E-state index in [0.717, 1.165) is 0 Å². The Kier molecular flexibility index (Phi) is 3.44. The molecule has 6 heteroatoms. The van der Waals surface area contributed by atoms with Gasteiger partial charge in [-0.2, -0.15) is 0 Å². The second kappa shape index (κ2) is 4.49. The quantitative estimate of drug-likeness (QED) is 0.677. The van der Waals surface area contributed by atoms with Gasteiger partial charge < -0.3 is 19.7 Å². The summed E-state index contributed by atoms with van der Waals surface area (Å²) in [6.07, 6.45) is -3.16. The van der Waals surface area contributed by atoms with E-state index in [-0.39, 0.29) is 23.5 Å². The van der Waals surface area contributed by atoms with Gasteiger partial charge in [0.1, 0.15) is 35.0 Å². The van der Waals surface area contributed by atoms with E-state index in [2.05, 4.69) is 0 Å². The first-order chi connectivity index (χ1) is 8.28. The van der Waals surface area contributed by atoms with Gasteiger partial charge in [-0.25, -0.2) is 0 Å². The lowest BCUT2D eigenvalue weighted by Crippen LogP contribution is -2.54. The van der Waals surface area contributed by atoms with Crippen LogP contribution in [-0.2, 0) is 14.3 Å². The molecule has 2 rings (SSSR count). The topological polar surface area (TPSA) is 76.0 Å². The molecular formula is C12H17ClO5. The molecule has 0 unspecified atom stereocenters. The third kappa shape index (κ3) is 2.05. The fourth-order valence-corrected chi connectivity index (χ4v) is 2.76. The van der Waals surface area contributed by atoms with Crippen molar-refractivity contribution in [1.29, 1.82) is 0 Å². The minimum Gasteiger partial charge on any atom is -0.490 e. The van der Waals surface area contributed by atoms with E-state index in [9.17, 15) is 15.0 Å². The maximum atomic E-state index is 12.1. The largest absolute Gasteiger partial charge is 0.490 e. The molecule has 0 saturated carbocycles. The number of aliphatic hydroxyl groups excluding tert-OH is 2. The van der Waals surface area contributed by atoms with Crippen LogP contribution in [0.2, 0.25) is 0 Å². The van der Waals surface area contributed by atoms with Gasteiger partial charge in [-0.1, -0.05) is 0 Å². The number of methoxy groups -OCH3 is 1. The minimum absolute atomic E-state index is 0.162. The van der Waals surface area contributed by atoms with E-state index < -0.39 is 29.3 Å². The molecule has 0 radical (unpaired) electrons. The number of carbonyl (C=O) groups is 1. The molecule has 4 atom stereocenters. The van der Waals surface area contributed by atoms with Crippen LogP contribution < -0.4 is 0 Å². The molecule has 0 aromatic heterocycles. The molecule has 102 valence electrons. The van der Waals surface area contributed by atoms with Crippen LogP contribution in [0.5, 0.6) is 0 Å². The molecule has 0 bridgehead atoms. The molecule has 18 heavy (non-hydrogen) atoms. The molecule has 0 spiro atoms. The van der Waals surface area contributed by atoms with E-state index in [0.29, 0.717) is 0 Å². The first-order valence-electron chi connectivity index (χ1n) is 5.78. The fraction of sp³-hybridized carbons (Fsp3) is 0.750. The first-order valence-corrected chi connectivity index (χ1v) is 6.21. The highest BCUT2D eigenvalue weighted by molar-refractivity contribution is 6.23. The number of alkyl halides is 1. The fourth-order valence-electron chi connectivity index (χ4n) is 2.45. The highest BCUT2D eigenvalue weighted by Gasteiger charge is 2.50. The molecular weight excluding hydrogens is 260 g/mol. The van der Waals surface area contributed by atoms with Crippen molar-refractivity contribution in [2.24, 2.45) is 0 Å². The molecule has 1 aliphatic heterocycles. The summed E-state index contributed by atoms with van der Waals surface area (Å²) in [6, 6.07) is 0. The van der Waals surface area contributed by atoms with Crippen molar-refractivity contribution < 1.29 is 24.5 Å². The summed E-state index contributed by atoms with van der Waals surface area (Å²) in [5.41, 5.74) is -0.418. The lowest BCUT2D eigenvalue weighted by Gasteiger charge is -2.43. The molecule has 5 nitrogen and oxygen atoms in total. The van der Waals surface area contributed by atoms with Gasteiger partial charge in [-0.3, -0.25) is 4.79 Å². The van der Waals surface area contributed by atoms with E-state index in [1.54, 1.807) is 13.8 Å². The molecule has 2 aliphatic rings. The van der Waals surface area contributed by atoms with E-state index in [1.165, 1.54) is 7.11 Å². The Morgan fingerprint density at radius 3 is 2.56 bits per heavy atom. The second-order valence-electron chi connectivity index (χ2n) is 5.28. The number of ether oxygens (including phenoxy) is 2. The van der Waals surface area contributed by atoms with Crippen LogP contribution in [0, 0.1) is 0 Å². The van der Waals surface area contributed by atoms with Gasteiger partial charge >= 0.3 is 0 Å². The average Bonchev–Trinajstić information content (AvgIpc) is 2.27. The van der Waals surface area contributed by atoms with Gasteiger partial charge in [0.15, 0.2) is 5.78 Å². The molecule has 1 heterocycles. The van der Waals surface area contributed by atoms with Crippen molar-refractivity contribution >= 4 is 17.4 Å². The Morgan fingerprint density at radius 2 is 2.00 bits per heavy atom. The SMILES string of the molecule is CO[C@H]1C2=C(OC(C)(C)CC2=O)[C@H](Cl)[C@H](O)[C@H]1O. The summed E-state index contributed by atoms with van der Waals surface area (Å²) < 4.78 is 10.8. The predicted molar refractivity (Wildman–Crippen MR) is 64.3 cm³/mol. The maximum Gasteiger partial charge on any atom is 0.168 e. The summed E-state index contributed by atoms with van der Waals surface area (Å²) in [7, 11) is 1.37. The van der Waals surface area contributed by atoms with Crippen molar-refractivity contribution in [1.82, 2.24) is 0 Å². The zero-order valence-corrected chi connectivity index (χ0v) is 11.3. The highest BCUT2D eigenvalue weighted by atomic mass is 35.5. The molecule has 0 aromatic carbocycles. The highest BCUT2D eigenvalue weighted by Crippen LogP contribution is 2.40. The molecule has 0 saturated heterocycles. The van der Waals surface area contributed by atoms with Crippen LogP contribution in [0.15, 0.2) is 11.3 Å².